The molecule has 0 radical (unpaired) electrons. The van der Waals surface area contributed by atoms with Crippen LogP contribution < -0.4 is 5.32 Å². The molecule has 2 aromatic carbocycles. The number of rotatable bonds is 3. The highest BCUT2D eigenvalue weighted by atomic mass is 79.9. The molecule has 0 saturated carbocycles. The van der Waals surface area contributed by atoms with Crippen LogP contribution in [0.25, 0.3) is 0 Å². The molecule has 1 aliphatic heterocycles. The summed E-state index contributed by atoms with van der Waals surface area (Å²) in [7, 11) is 0. The van der Waals surface area contributed by atoms with E-state index >= 15 is 0 Å². The maximum atomic E-state index is 13.8. The summed E-state index contributed by atoms with van der Waals surface area (Å²) in [5.41, 5.74) is -0.749. The number of amides is 3. The van der Waals surface area contributed by atoms with E-state index in [0.29, 0.717) is 10.0 Å². The van der Waals surface area contributed by atoms with Crippen molar-refractivity contribution in [3.8, 4) is 0 Å². The van der Waals surface area contributed by atoms with Crippen LogP contribution in [0.1, 0.15) is 18.1 Å². The summed E-state index contributed by atoms with van der Waals surface area (Å²) in [5, 5.41) is 2.63. The first-order valence-corrected chi connectivity index (χ1v) is 7.96. The van der Waals surface area contributed by atoms with Gasteiger partial charge in [-0.05, 0) is 19.1 Å². The van der Waals surface area contributed by atoms with E-state index in [-0.39, 0.29) is 12.1 Å². The van der Waals surface area contributed by atoms with E-state index in [2.05, 4.69) is 21.2 Å². The molecule has 1 aliphatic rings. The van der Waals surface area contributed by atoms with Gasteiger partial charge < -0.3 is 5.32 Å². The van der Waals surface area contributed by atoms with Crippen molar-refractivity contribution in [3.63, 3.8) is 0 Å². The largest absolute Gasteiger partial charge is 0.325 e. The molecule has 3 rings (SSSR count). The maximum absolute atomic E-state index is 13.8. The lowest BCUT2D eigenvalue weighted by Crippen LogP contribution is -2.41. The van der Waals surface area contributed by atoms with Gasteiger partial charge in [0.25, 0.3) is 5.91 Å². The van der Waals surface area contributed by atoms with Crippen LogP contribution >= 0.6 is 15.9 Å². The minimum absolute atomic E-state index is 0.0603. The van der Waals surface area contributed by atoms with Crippen molar-refractivity contribution < 1.29 is 18.4 Å². The Kier molecular flexibility index (Phi) is 4.13. The standard InChI is InChI=1S/C17H13BrF2N2O2/c1-17(11-6-2-3-7-12(11)18)15(23)22(16(24)21-17)9-10-5-4-8-13(19)14(10)20/h2-8H,9H2,1H3,(H,21,24). The Hall–Kier alpha value is -2.28. The van der Waals surface area contributed by atoms with Gasteiger partial charge in [-0.3, -0.25) is 9.69 Å². The van der Waals surface area contributed by atoms with Gasteiger partial charge in [0.2, 0.25) is 0 Å². The zero-order chi connectivity index (χ0) is 17.5. The predicted octanol–water partition coefficient (Wildman–Crippen LogP) is 3.69. The average Bonchev–Trinajstić information content (AvgIpc) is 2.76. The average molecular weight is 395 g/mol. The third-order valence-electron chi connectivity index (χ3n) is 4.05. The van der Waals surface area contributed by atoms with Crippen LogP contribution in [0.3, 0.4) is 0 Å². The van der Waals surface area contributed by atoms with E-state index in [9.17, 15) is 18.4 Å². The van der Waals surface area contributed by atoms with Crippen molar-refractivity contribution in [2.24, 2.45) is 0 Å². The van der Waals surface area contributed by atoms with E-state index in [1.54, 1.807) is 31.2 Å². The summed E-state index contributed by atoms with van der Waals surface area (Å²) in [6.07, 6.45) is 0. The third kappa shape index (κ3) is 2.58. The van der Waals surface area contributed by atoms with Crippen LogP contribution in [-0.4, -0.2) is 16.8 Å². The SMILES string of the molecule is CC1(c2ccccc2Br)NC(=O)N(Cc2cccc(F)c2F)C1=O. The Bertz CT molecular complexity index is 843. The fourth-order valence-corrected chi connectivity index (χ4v) is 3.41. The van der Waals surface area contributed by atoms with Crippen LogP contribution in [0.4, 0.5) is 13.6 Å². The Morgan fingerprint density at radius 2 is 1.83 bits per heavy atom. The predicted molar refractivity (Wildman–Crippen MR) is 86.9 cm³/mol. The van der Waals surface area contributed by atoms with E-state index < -0.39 is 29.1 Å². The topological polar surface area (TPSA) is 49.4 Å². The number of hydrogen-bond acceptors (Lipinski definition) is 2. The fourth-order valence-electron chi connectivity index (χ4n) is 2.73. The molecular weight excluding hydrogens is 382 g/mol. The monoisotopic (exact) mass is 394 g/mol. The molecule has 1 heterocycles. The zero-order valence-electron chi connectivity index (χ0n) is 12.6. The molecule has 1 saturated heterocycles. The number of urea groups is 1. The highest BCUT2D eigenvalue weighted by Gasteiger charge is 2.49. The first-order chi connectivity index (χ1) is 11.3. The third-order valence-corrected chi connectivity index (χ3v) is 4.74. The molecule has 0 aliphatic carbocycles. The quantitative estimate of drug-likeness (QED) is 0.806. The summed E-state index contributed by atoms with van der Waals surface area (Å²) in [6.45, 7) is 1.24. The minimum Gasteiger partial charge on any atom is -0.319 e. The van der Waals surface area contributed by atoms with Crippen LogP contribution in [0.5, 0.6) is 0 Å². The van der Waals surface area contributed by atoms with Gasteiger partial charge in [0.1, 0.15) is 5.54 Å². The van der Waals surface area contributed by atoms with Crippen molar-refractivity contribution in [1.29, 1.82) is 0 Å². The lowest BCUT2D eigenvalue weighted by Gasteiger charge is -2.23. The van der Waals surface area contributed by atoms with E-state index in [1.165, 1.54) is 12.1 Å². The second kappa shape index (κ2) is 5.98. The summed E-state index contributed by atoms with van der Waals surface area (Å²) < 4.78 is 27.8. The minimum atomic E-state index is -1.28. The second-order valence-corrected chi connectivity index (χ2v) is 6.49. The molecule has 24 heavy (non-hydrogen) atoms. The molecule has 0 bridgehead atoms. The zero-order valence-corrected chi connectivity index (χ0v) is 14.2. The van der Waals surface area contributed by atoms with Gasteiger partial charge in [-0.25, -0.2) is 13.6 Å². The molecule has 1 atom stereocenters. The first-order valence-electron chi connectivity index (χ1n) is 7.16. The Labute approximate surface area is 145 Å². The number of imide groups is 1. The molecule has 2 aromatic rings. The van der Waals surface area contributed by atoms with E-state index in [1.807, 2.05) is 0 Å². The van der Waals surface area contributed by atoms with Crippen LogP contribution in [0.2, 0.25) is 0 Å². The number of hydrogen-bond donors (Lipinski definition) is 1. The molecule has 0 aromatic heterocycles. The van der Waals surface area contributed by atoms with Crippen LogP contribution in [0, 0.1) is 11.6 Å². The molecule has 3 amide bonds. The first kappa shape index (κ1) is 16.6. The van der Waals surface area contributed by atoms with Gasteiger partial charge in [-0.15, -0.1) is 0 Å². The smallest absolute Gasteiger partial charge is 0.319 e. The van der Waals surface area contributed by atoms with Crippen molar-refractivity contribution in [3.05, 3.63) is 69.7 Å². The number of benzene rings is 2. The summed E-state index contributed by atoms with van der Waals surface area (Å²) in [6, 6.07) is 10.0. The van der Waals surface area contributed by atoms with Gasteiger partial charge in [0, 0.05) is 15.6 Å². The summed E-state index contributed by atoms with van der Waals surface area (Å²) in [5.74, 6) is -2.61. The van der Waals surface area contributed by atoms with Gasteiger partial charge >= 0.3 is 6.03 Å². The lowest BCUT2D eigenvalue weighted by molar-refractivity contribution is -0.131. The Morgan fingerprint density at radius 1 is 1.12 bits per heavy atom. The molecule has 1 fully saturated rings. The van der Waals surface area contributed by atoms with Crippen LogP contribution in [-0.2, 0) is 16.9 Å². The van der Waals surface area contributed by atoms with E-state index in [0.717, 1.165) is 11.0 Å². The Morgan fingerprint density at radius 3 is 2.54 bits per heavy atom. The van der Waals surface area contributed by atoms with Crippen molar-refractivity contribution >= 4 is 27.9 Å². The molecule has 0 spiro atoms. The molecule has 1 N–H and O–H groups in total. The molecule has 4 nitrogen and oxygen atoms in total. The number of halogens is 3. The van der Waals surface area contributed by atoms with Gasteiger partial charge in [0.05, 0.1) is 6.54 Å². The maximum Gasteiger partial charge on any atom is 0.325 e. The fraction of sp³-hybridized carbons (Fsp3) is 0.176. The van der Waals surface area contributed by atoms with Crippen molar-refractivity contribution in [2.45, 2.75) is 19.0 Å². The highest BCUT2D eigenvalue weighted by molar-refractivity contribution is 9.10. The van der Waals surface area contributed by atoms with Crippen molar-refractivity contribution in [2.75, 3.05) is 0 Å². The summed E-state index contributed by atoms with van der Waals surface area (Å²) in [4.78, 5) is 25.9. The van der Waals surface area contributed by atoms with Gasteiger partial charge in [-0.2, -0.15) is 0 Å². The molecule has 7 heteroatoms. The second-order valence-electron chi connectivity index (χ2n) is 5.64. The van der Waals surface area contributed by atoms with Crippen LogP contribution in [0.15, 0.2) is 46.9 Å². The number of carbonyl (C=O) groups is 2. The van der Waals surface area contributed by atoms with E-state index in [4.69, 9.17) is 0 Å². The van der Waals surface area contributed by atoms with Crippen molar-refractivity contribution in [1.82, 2.24) is 10.2 Å². The normalized spacial score (nSPS) is 20.4. The number of nitrogens with zero attached hydrogens (tertiary/aromatic N) is 1. The highest BCUT2D eigenvalue weighted by Crippen LogP contribution is 2.34. The summed E-state index contributed by atoms with van der Waals surface area (Å²) >= 11 is 3.37. The van der Waals surface area contributed by atoms with Gasteiger partial charge in [-0.1, -0.05) is 46.3 Å². The number of carbonyl (C=O) groups excluding carboxylic acids is 2. The lowest BCUT2D eigenvalue weighted by atomic mass is 9.92. The van der Waals surface area contributed by atoms with Gasteiger partial charge in [0.15, 0.2) is 11.6 Å². The molecule has 1 unspecified atom stereocenters. The molecule has 124 valence electrons. The number of nitrogens with one attached hydrogen (secondary N) is 1. The Balaban J connectivity index is 1.95. The molecular formula is C17H13BrF2N2O2.